The van der Waals surface area contributed by atoms with Crippen molar-refractivity contribution in [3.63, 3.8) is 0 Å². The number of hydrogen-bond donors (Lipinski definition) is 0. The van der Waals surface area contributed by atoms with E-state index in [4.69, 9.17) is 10.2 Å². The fraction of sp³-hybridized carbons (Fsp3) is 0.174. The molecule has 0 aliphatic carbocycles. The lowest BCUT2D eigenvalue weighted by molar-refractivity contribution is 0.634. The summed E-state index contributed by atoms with van der Waals surface area (Å²) in [6.07, 6.45) is 1.04. The second-order valence-electron chi connectivity index (χ2n) is 6.72. The number of nitriles is 1. The van der Waals surface area contributed by atoms with E-state index in [1.807, 2.05) is 67.6 Å². The van der Waals surface area contributed by atoms with Gasteiger partial charge < -0.3 is 0 Å². The summed E-state index contributed by atoms with van der Waals surface area (Å²) in [6, 6.07) is 22.2. The number of aryl methyl sites for hydroxylation is 1. The Labute approximate surface area is 167 Å². The highest BCUT2D eigenvalue weighted by Crippen LogP contribution is 2.32. The number of nitrogens with zero attached hydrogens (tertiary/aromatic N) is 3. The highest BCUT2D eigenvalue weighted by Gasteiger charge is 2.16. The molecule has 138 valence electrons. The van der Waals surface area contributed by atoms with Gasteiger partial charge in [-0.05, 0) is 25.0 Å². The van der Waals surface area contributed by atoms with Crippen LogP contribution in [-0.2, 0) is 6.54 Å². The smallest absolute Gasteiger partial charge is 0.262 e. The first-order valence-corrected chi connectivity index (χ1v) is 10.0. The predicted octanol–water partition coefficient (Wildman–Crippen LogP) is 5.40. The molecular weight excluding hydrogens is 366 g/mol. The summed E-state index contributed by atoms with van der Waals surface area (Å²) in [6.45, 7) is 2.51. The molecular formula is C23H19N3OS. The van der Waals surface area contributed by atoms with Crippen LogP contribution in [0.2, 0.25) is 0 Å². The quantitative estimate of drug-likeness (QED) is 0.432. The molecule has 28 heavy (non-hydrogen) atoms. The van der Waals surface area contributed by atoms with Gasteiger partial charge in [0.25, 0.3) is 5.56 Å². The third kappa shape index (κ3) is 3.47. The average molecular weight is 385 g/mol. The molecule has 0 fully saturated rings. The highest BCUT2D eigenvalue weighted by atomic mass is 32.1. The Balaban J connectivity index is 1.90. The van der Waals surface area contributed by atoms with Crippen LogP contribution in [0.25, 0.3) is 32.0 Å². The molecule has 0 saturated carbocycles. The average Bonchev–Trinajstić information content (AvgIpc) is 3.16. The van der Waals surface area contributed by atoms with Gasteiger partial charge in [0.2, 0.25) is 0 Å². The van der Waals surface area contributed by atoms with Gasteiger partial charge in [-0.25, -0.2) is 4.98 Å². The molecule has 4 nitrogen and oxygen atoms in total. The monoisotopic (exact) mass is 385 g/mol. The van der Waals surface area contributed by atoms with E-state index in [1.54, 1.807) is 4.57 Å². The first-order valence-electron chi connectivity index (χ1n) is 9.21. The molecule has 0 atom stereocenters. The van der Waals surface area contributed by atoms with Crippen molar-refractivity contribution in [1.82, 2.24) is 9.55 Å². The summed E-state index contributed by atoms with van der Waals surface area (Å²) in [5.74, 6) is 0.664. The Kier molecular flexibility index (Phi) is 5.05. The van der Waals surface area contributed by atoms with Crippen LogP contribution in [0.15, 0.2) is 65.5 Å². The Morgan fingerprint density at radius 1 is 1.07 bits per heavy atom. The third-order valence-corrected chi connectivity index (χ3v) is 5.77. The van der Waals surface area contributed by atoms with E-state index in [-0.39, 0.29) is 5.56 Å². The molecule has 4 rings (SSSR count). The van der Waals surface area contributed by atoms with Crippen molar-refractivity contribution < 1.29 is 0 Å². The molecule has 0 spiro atoms. The lowest BCUT2D eigenvalue weighted by Crippen LogP contribution is -2.23. The first kappa shape index (κ1) is 18.1. The maximum absolute atomic E-state index is 13.3. The SMILES string of the molecule is Cc1ccc(-c2nc3sc(-c4ccccc4)cc3c(=O)n2CCCC#N)cc1. The van der Waals surface area contributed by atoms with Crippen LogP contribution in [0.4, 0.5) is 0 Å². The zero-order chi connectivity index (χ0) is 19.5. The van der Waals surface area contributed by atoms with Crippen molar-refractivity contribution in [2.45, 2.75) is 26.3 Å². The fourth-order valence-electron chi connectivity index (χ4n) is 3.21. The van der Waals surface area contributed by atoms with Crippen LogP contribution in [0.1, 0.15) is 18.4 Å². The summed E-state index contributed by atoms with van der Waals surface area (Å²) in [4.78, 5) is 19.9. The molecule has 0 bridgehead atoms. The summed E-state index contributed by atoms with van der Waals surface area (Å²) in [5, 5.41) is 9.52. The van der Waals surface area contributed by atoms with Gasteiger partial charge in [0, 0.05) is 23.4 Å². The van der Waals surface area contributed by atoms with Crippen LogP contribution in [0, 0.1) is 18.3 Å². The Hall–Kier alpha value is -3.23. The van der Waals surface area contributed by atoms with E-state index < -0.39 is 0 Å². The second-order valence-corrected chi connectivity index (χ2v) is 7.75. The number of unbranched alkanes of at least 4 members (excludes halogenated alkanes) is 1. The van der Waals surface area contributed by atoms with Gasteiger partial charge in [-0.15, -0.1) is 11.3 Å². The van der Waals surface area contributed by atoms with Crippen molar-refractivity contribution in [2.24, 2.45) is 0 Å². The molecule has 0 N–H and O–H groups in total. The maximum atomic E-state index is 13.3. The molecule has 0 unspecified atom stereocenters. The Bertz CT molecular complexity index is 1220. The standard InChI is InChI=1S/C23H19N3OS/c1-16-9-11-18(12-10-16)21-25-22-19(23(27)26(21)14-6-5-13-24)15-20(28-22)17-7-3-2-4-8-17/h2-4,7-12,15H,5-6,14H2,1H3. The largest absolute Gasteiger partial charge is 0.292 e. The maximum Gasteiger partial charge on any atom is 0.262 e. The minimum Gasteiger partial charge on any atom is -0.292 e. The first-order chi connectivity index (χ1) is 13.7. The molecule has 0 aliphatic rings. The molecule has 0 amide bonds. The van der Waals surface area contributed by atoms with E-state index in [2.05, 4.69) is 6.07 Å². The molecule has 0 aliphatic heterocycles. The van der Waals surface area contributed by atoms with Gasteiger partial charge in [-0.1, -0.05) is 60.2 Å². The van der Waals surface area contributed by atoms with E-state index in [0.717, 1.165) is 26.4 Å². The normalized spacial score (nSPS) is 10.9. The summed E-state index contributed by atoms with van der Waals surface area (Å²) < 4.78 is 1.71. The predicted molar refractivity (Wildman–Crippen MR) is 114 cm³/mol. The highest BCUT2D eigenvalue weighted by molar-refractivity contribution is 7.21. The number of rotatable bonds is 5. The van der Waals surface area contributed by atoms with Crippen LogP contribution < -0.4 is 5.56 Å². The van der Waals surface area contributed by atoms with Crippen molar-refractivity contribution in [2.75, 3.05) is 0 Å². The Morgan fingerprint density at radius 2 is 1.82 bits per heavy atom. The summed E-state index contributed by atoms with van der Waals surface area (Å²) in [5.41, 5.74) is 3.11. The molecule has 0 saturated heterocycles. The van der Waals surface area contributed by atoms with E-state index in [9.17, 15) is 4.79 Å². The van der Waals surface area contributed by atoms with Gasteiger partial charge in [0.05, 0.1) is 11.5 Å². The molecule has 2 heterocycles. The van der Waals surface area contributed by atoms with Crippen LogP contribution in [0.3, 0.4) is 0 Å². The van der Waals surface area contributed by atoms with Crippen LogP contribution in [0.5, 0.6) is 0 Å². The number of benzene rings is 2. The van der Waals surface area contributed by atoms with Crippen molar-refractivity contribution in [3.05, 3.63) is 76.6 Å². The van der Waals surface area contributed by atoms with E-state index in [0.29, 0.717) is 30.6 Å². The van der Waals surface area contributed by atoms with Gasteiger partial charge in [0.1, 0.15) is 10.7 Å². The number of fused-ring (bicyclic) bond motifs is 1. The lowest BCUT2D eigenvalue weighted by Gasteiger charge is -2.12. The van der Waals surface area contributed by atoms with E-state index >= 15 is 0 Å². The zero-order valence-electron chi connectivity index (χ0n) is 15.6. The Morgan fingerprint density at radius 3 is 2.54 bits per heavy atom. The van der Waals surface area contributed by atoms with Crippen LogP contribution in [-0.4, -0.2) is 9.55 Å². The molecule has 2 aromatic carbocycles. The number of hydrogen-bond acceptors (Lipinski definition) is 4. The summed E-state index contributed by atoms with van der Waals surface area (Å²) >= 11 is 1.54. The minimum atomic E-state index is -0.0445. The second kappa shape index (κ2) is 7.79. The number of thiophene rings is 1. The lowest BCUT2D eigenvalue weighted by atomic mass is 10.1. The summed E-state index contributed by atoms with van der Waals surface area (Å²) in [7, 11) is 0. The molecule has 2 aromatic heterocycles. The van der Waals surface area contributed by atoms with Gasteiger partial charge in [-0.3, -0.25) is 9.36 Å². The molecule has 4 aromatic rings. The third-order valence-electron chi connectivity index (χ3n) is 4.69. The minimum absolute atomic E-state index is 0.0445. The number of aromatic nitrogens is 2. The topological polar surface area (TPSA) is 58.7 Å². The molecule has 0 radical (unpaired) electrons. The fourth-order valence-corrected chi connectivity index (χ4v) is 4.23. The van der Waals surface area contributed by atoms with Gasteiger partial charge in [-0.2, -0.15) is 5.26 Å². The van der Waals surface area contributed by atoms with Crippen molar-refractivity contribution in [1.29, 1.82) is 5.26 Å². The molecule has 5 heteroatoms. The van der Waals surface area contributed by atoms with Crippen LogP contribution >= 0.6 is 11.3 Å². The van der Waals surface area contributed by atoms with E-state index in [1.165, 1.54) is 11.3 Å². The zero-order valence-corrected chi connectivity index (χ0v) is 16.4. The van der Waals surface area contributed by atoms with Gasteiger partial charge >= 0.3 is 0 Å². The van der Waals surface area contributed by atoms with Gasteiger partial charge in [0.15, 0.2) is 0 Å². The van der Waals surface area contributed by atoms with Crippen molar-refractivity contribution in [3.8, 4) is 27.9 Å². The van der Waals surface area contributed by atoms with Crippen molar-refractivity contribution >= 4 is 21.6 Å².